The first kappa shape index (κ1) is 11.4. The molecule has 0 aliphatic carbocycles. The van der Waals surface area contributed by atoms with Crippen LogP contribution in [0, 0.1) is 12.1 Å². The van der Waals surface area contributed by atoms with Crippen molar-refractivity contribution < 1.29 is 9.47 Å². The van der Waals surface area contributed by atoms with Gasteiger partial charge >= 0.3 is 5.82 Å². The normalized spacial score (nSPS) is 10.2. The zero-order valence-corrected chi connectivity index (χ0v) is 9.88. The van der Waals surface area contributed by atoms with Crippen LogP contribution >= 0.6 is 0 Å². The van der Waals surface area contributed by atoms with Crippen LogP contribution in [0.25, 0.3) is 0 Å². The van der Waals surface area contributed by atoms with Crippen molar-refractivity contribution >= 4 is 0 Å². The van der Waals surface area contributed by atoms with Gasteiger partial charge in [0.05, 0.1) is 13.5 Å². The third kappa shape index (κ3) is 2.53. The Morgan fingerprint density at radius 2 is 2.12 bits per heavy atom. The van der Waals surface area contributed by atoms with Gasteiger partial charge in [-0.15, -0.1) is 0 Å². The fourth-order valence-electron chi connectivity index (χ4n) is 1.67. The maximum absolute atomic E-state index is 11.7. The van der Waals surface area contributed by atoms with Crippen LogP contribution < -0.4 is 9.47 Å². The minimum absolute atomic E-state index is 0.466. The third-order valence-corrected chi connectivity index (χ3v) is 2.53. The monoisotopic (exact) mass is 230 g/mol. The fraction of sp³-hybridized carbons (Fsp3) is 0.231. The quantitative estimate of drug-likeness (QED) is 0.594. The van der Waals surface area contributed by atoms with Crippen molar-refractivity contribution in [1.29, 1.82) is 0 Å². The van der Waals surface area contributed by atoms with Crippen molar-refractivity contribution in [3.63, 3.8) is 0 Å². The molecule has 0 aliphatic rings. The SMILES string of the molecule is COc1ccccc1Cc1ncc(C)c[n+]1[O-]. The van der Waals surface area contributed by atoms with Gasteiger partial charge in [0.15, 0.2) is 0 Å². The first-order valence-corrected chi connectivity index (χ1v) is 5.37. The van der Waals surface area contributed by atoms with Crippen LogP contribution in [0.15, 0.2) is 36.7 Å². The Labute approximate surface area is 100 Å². The first-order valence-electron chi connectivity index (χ1n) is 5.37. The van der Waals surface area contributed by atoms with E-state index in [-0.39, 0.29) is 0 Å². The van der Waals surface area contributed by atoms with Crippen molar-refractivity contribution in [2.75, 3.05) is 7.11 Å². The van der Waals surface area contributed by atoms with Crippen molar-refractivity contribution in [2.24, 2.45) is 0 Å². The van der Waals surface area contributed by atoms with E-state index in [0.29, 0.717) is 12.2 Å². The highest BCUT2D eigenvalue weighted by Gasteiger charge is 2.11. The zero-order chi connectivity index (χ0) is 12.3. The number of aryl methyl sites for hydroxylation is 1. The fourth-order valence-corrected chi connectivity index (χ4v) is 1.67. The summed E-state index contributed by atoms with van der Waals surface area (Å²) in [5.74, 6) is 1.25. The third-order valence-electron chi connectivity index (χ3n) is 2.53. The number of nitrogens with zero attached hydrogens (tertiary/aromatic N) is 2. The minimum atomic E-state index is 0.466. The summed E-state index contributed by atoms with van der Waals surface area (Å²) in [7, 11) is 1.62. The van der Waals surface area contributed by atoms with Crippen LogP contribution in [0.1, 0.15) is 17.0 Å². The molecule has 0 bridgehead atoms. The molecule has 17 heavy (non-hydrogen) atoms. The highest BCUT2D eigenvalue weighted by atomic mass is 16.5. The molecule has 1 aromatic carbocycles. The number of hydrogen-bond donors (Lipinski definition) is 0. The van der Waals surface area contributed by atoms with Gasteiger partial charge in [0.2, 0.25) is 0 Å². The zero-order valence-electron chi connectivity index (χ0n) is 9.88. The number of ether oxygens (including phenoxy) is 1. The van der Waals surface area contributed by atoms with Gasteiger partial charge in [-0.25, -0.2) is 4.73 Å². The molecule has 1 aromatic heterocycles. The lowest BCUT2D eigenvalue weighted by atomic mass is 10.1. The van der Waals surface area contributed by atoms with E-state index in [1.54, 1.807) is 13.3 Å². The number of methoxy groups -OCH3 is 1. The van der Waals surface area contributed by atoms with Gasteiger partial charge in [0.1, 0.15) is 18.1 Å². The van der Waals surface area contributed by atoms with E-state index in [2.05, 4.69) is 4.98 Å². The average Bonchev–Trinajstić information content (AvgIpc) is 2.33. The summed E-state index contributed by atoms with van der Waals surface area (Å²) in [6.45, 7) is 1.84. The first-order chi connectivity index (χ1) is 8.20. The molecule has 0 radical (unpaired) electrons. The predicted molar refractivity (Wildman–Crippen MR) is 63.7 cm³/mol. The van der Waals surface area contributed by atoms with Crippen molar-refractivity contribution in [3.8, 4) is 5.75 Å². The summed E-state index contributed by atoms with van der Waals surface area (Å²) in [6.07, 6.45) is 3.69. The van der Waals surface area contributed by atoms with Gasteiger partial charge in [0.25, 0.3) is 0 Å². The molecule has 0 atom stereocenters. The topological polar surface area (TPSA) is 49.1 Å². The molecule has 0 unspecified atom stereocenters. The van der Waals surface area contributed by atoms with E-state index in [9.17, 15) is 5.21 Å². The molecular weight excluding hydrogens is 216 g/mol. The van der Waals surface area contributed by atoms with E-state index in [0.717, 1.165) is 21.6 Å². The highest BCUT2D eigenvalue weighted by Crippen LogP contribution is 2.18. The van der Waals surface area contributed by atoms with E-state index in [1.165, 1.54) is 6.20 Å². The molecule has 0 saturated heterocycles. The summed E-state index contributed by atoms with van der Waals surface area (Å²) in [6, 6.07) is 7.62. The van der Waals surface area contributed by atoms with Crippen LogP contribution in [-0.4, -0.2) is 12.1 Å². The van der Waals surface area contributed by atoms with Crippen molar-refractivity contribution in [2.45, 2.75) is 13.3 Å². The smallest absolute Gasteiger partial charge is 0.305 e. The van der Waals surface area contributed by atoms with Crippen LogP contribution in [0.2, 0.25) is 0 Å². The predicted octanol–water partition coefficient (Wildman–Crippen LogP) is 1.62. The second kappa shape index (κ2) is 4.82. The second-order valence-corrected chi connectivity index (χ2v) is 3.86. The molecule has 2 rings (SSSR count). The summed E-state index contributed by atoms with van der Waals surface area (Å²) >= 11 is 0. The Balaban J connectivity index is 2.31. The summed E-state index contributed by atoms with van der Waals surface area (Å²) in [4.78, 5) is 4.14. The number of hydrogen-bond acceptors (Lipinski definition) is 3. The molecule has 0 saturated carbocycles. The van der Waals surface area contributed by atoms with Gasteiger partial charge in [0, 0.05) is 11.1 Å². The Bertz CT molecular complexity index is 527. The van der Waals surface area contributed by atoms with E-state index < -0.39 is 0 Å². The van der Waals surface area contributed by atoms with E-state index in [4.69, 9.17) is 4.74 Å². The van der Waals surface area contributed by atoms with Crippen LogP contribution in [0.3, 0.4) is 0 Å². The van der Waals surface area contributed by atoms with Gasteiger partial charge in [-0.1, -0.05) is 23.2 Å². The number of rotatable bonds is 3. The van der Waals surface area contributed by atoms with Crippen LogP contribution in [-0.2, 0) is 6.42 Å². The van der Waals surface area contributed by atoms with Crippen molar-refractivity contribution in [3.05, 3.63) is 58.8 Å². The molecule has 4 nitrogen and oxygen atoms in total. The van der Waals surface area contributed by atoms with Crippen molar-refractivity contribution in [1.82, 2.24) is 4.98 Å². The van der Waals surface area contributed by atoms with Gasteiger partial charge in [-0.3, -0.25) is 0 Å². The molecule has 0 N–H and O–H groups in total. The Kier molecular flexibility index (Phi) is 3.23. The molecule has 0 amide bonds. The Morgan fingerprint density at radius 1 is 1.35 bits per heavy atom. The molecule has 0 aliphatic heterocycles. The minimum Gasteiger partial charge on any atom is -0.711 e. The van der Waals surface area contributed by atoms with Gasteiger partial charge < -0.3 is 9.94 Å². The van der Waals surface area contributed by atoms with Crippen LogP contribution in [0.4, 0.5) is 0 Å². The Hall–Kier alpha value is -2.10. The van der Waals surface area contributed by atoms with Gasteiger partial charge in [-0.2, -0.15) is 0 Å². The molecule has 4 heteroatoms. The maximum atomic E-state index is 11.7. The number of aromatic nitrogens is 2. The summed E-state index contributed by atoms with van der Waals surface area (Å²) in [5, 5.41) is 11.7. The highest BCUT2D eigenvalue weighted by molar-refractivity contribution is 5.34. The molecule has 1 heterocycles. The summed E-state index contributed by atoms with van der Waals surface area (Å²) in [5.41, 5.74) is 1.81. The largest absolute Gasteiger partial charge is 0.711 e. The lowest BCUT2D eigenvalue weighted by Gasteiger charge is -2.09. The Morgan fingerprint density at radius 3 is 2.82 bits per heavy atom. The molecule has 88 valence electrons. The van der Waals surface area contributed by atoms with Gasteiger partial charge in [-0.05, 0) is 13.0 Å². The van der Waals surface area contributed by atoms with E-state index >= 15 is 0 Å². The molecule has 0 spiro atoms. The van der Waals surface area contributed by atoms with Crippen LogP contribution in [0.5, 0.6) is 5.75 Å². The van der Waals surface area contributed by atoms with E-state index in [1.807, 2.05) is 31.2 Å². The standard InChI is InChI=1S/C13H14N2O2/c1-10-8-14-13(15(16)9-10)7-11-5-3-4-6-12(11)17-2/h3-6,8-9H,7H2,1-2H3. The maximum Gasteiger partial charge on any atom is 0.305 e. The number of benzene rings is 1. The lowest BCUT2D eigenvalue weighted by Crippen LogP contribution is -2.33. The molecular formula is C13H14N2O2. The average molecular weight is 230 g/mol. The number of para-hydroxylation sites is 1. The second-order valence-electron chi connectivity index (χ2n) is 3.86. The molecule has 2 aromatic rings. The summed E-state index contributed by atoms with van der Waals surface area (Å²) < 4.78 is 6.05. The lowest BCUT2D eigenvalue weighted by molar-refractivity contribution is -0.617. The molecule has 0 fully saturated rings.